The molecule has 1 atom stereocenters. The summed E-state index contributed by atoms with van der Waals surface area (Å²) in [4.78, 5) is 23.6. The summed E-state index contributed by atoms with van der Waals surface area (Å²) >= 11 is 0. The first-order valence-corrected chi connectivity index (χ1v) is 8.98. The van der Waals surface area contributed by atoms with Gasteiger partial charge in [-0.3, -0.25) is 9.88 Å². The normalized spacial score (nSPS) is 17.3. The van der Waals surface area contributed by atoms with Gasteiger partial charge in [0.15, 0.2) is 0 Å². The molecule has 0 radical (unpaired) electrons. The van der Waals surface area contributed by atoms with Gasteiger partial charge in [0, 0.05) is 51.5 Å². The first-order chi connectivity index (χ1) is 13.0. The Morgan fingerprint density at radius 1 is 1.37 bits per heavy atom. The number of carboxylic acid groups (broad SMARTS) is 1. The molecule has 7 nitrogen and oxygen atoms in total. The van der Waals surface area contributed by atoms with Gasteiger partial charge in [0.05, 0.1) is 18.1 Å². The molecule has 1 fully saturated rings. The first-order valence-electron chi connectivity index (χ1n) is 8.98. The predicted molar refractivity (Wildman–Crippen MR) is 107 cm³/mol. The molecule has 0 bridgehead atoms. The highest BCUT2D eigenvalue weighted by Gasteiger charge is 2.22. The summed E-state index contributed by atoms with van der Waals surface area (Å²) in [6.45, 7) is 2.93. The summed E-state index contributed by atoms with van der Waals surface area (Å²) in [5, 5.41) is 12.1. The van der Waals surface area contributed by atoms with Crippen LogP contribution in [0.2, 0.25) is 0 Å². The van der Waals surface area contributed by atoms with Crippen molar-refractivity contribution in [2.75, 3.05) is 37.4 Å². The van der Waals surface area contributed by atoms with Crippen LogP contribution in [0.3, 0.4) is 0 Å². The SMILES string of the molecule is CN(C)c1cccc(CN2CC[C@@H](Nc3cnc(/C=C/C(=O)O)cn3)C2)c1. The number of carboxylic acids is 1. The van der Waals surface area contributed by atoms with Gasteiger partial charge in [-0.15, -0.1) is 0 Å². The zero-order valence-corrected chi connectivity index (χ0v) is 15.7. The molecule has 1 aliphatic rings. The summed E-state index contributed by atoms with van der Waals surface area (Å²) in [6, 6.07) is 8.95. The van der Waals surface area contributed by atoms with E-state index in [1.54, 1.807) is 12.4 Å². The maximum absolute atomic E-state index is 10.5. The predicted octanol–water partition coefficient (Wildman–Crippen LogP) is 2.33. The maximum Gasteiger partial charge on any atom is 0.328 e. The van der Waals surface area contributed by atoms with Crippen LogP contribution in [0.15, 0.2) is 42.7 Å². The number of carbonyl (C=O) groups is 1. The van der Waals surface area contributed by atoms with Gasteiger partial charge in [-0.05, 0) is 30.2 Å². The van der Waals surface area contributed by atoms with Crippen LogP contribution in [0.5, 0.6) is 0 Å². The molecular formula is C20H25N5O2. The van der Waals surface area contributed by atoms with Gasteiger partial charge in [-0.1, -0.05) is 12.1 Å². The lowest BCUT2D eigenvalue weighted by atomic mass is 10.2. The third kappa shape index (κ3) is 5.52. The molecule has 2 aromatic rings. The van der Waals surface area contributed by atoms with Crippen LogP contribution in [0.4, 0.5) is 11.5 Å². The molecule has 142 valence electrons. The Morgan fingerprint density at radius 2 is 2.22 bits per heavy atom. The van der Waals surface area contributed by atoms with Crippen molar-refractivity contribution >= 4 is 23.6 Å². The molecule has 0 unspecified atom stereocenters. The van der Waals surface area contributed by atoms with Crippen molar-refractivity contribution in [3.05, 3.63) is 54.0 Å². The van der Waals surface area contributed by atoms with Gasteiger partial charge in [-0.25, -0.2) is 9.78 Å². The molecule has 2 N–H and O–H groups in total. The second kappa shape index (κ2) is 8.64. The van der Waals surface area contributed by atoms with Gasteiger partial charge >= 0.3 is 5.97 Å². The highest BCUT2D eigenvalue weighted by atomic mass is 16.4. The monoisotopic (exact) mass is 367 g/mol. The molecule has 0 aliphatic carbocycles. The number of benzene rings is 1. The topological polar surface area (TPSA) is 81.6 Å². The molecule has 0 spiro atoms. The fourth-order valence-corrected chi connectivity index (χ4v) is 3.15. The average molecular weight is 367 g/mol. The Balaban J connectivity index is 1.52. The summed E-state index contributed by atoms with van der Waals surface area (Å²) in [5.74, 6) is -0.287. The Hall–Kier alpha value is -2.93. The summed E-state index contributed by atoms with van der Waals surface area (Å²) in [5.41, 5.74) is 3.06. The fourth-order valence-electron chi connectivity index (χ4n) is 3.15. The van der Waals surface area contributed by atoms with E-state index in [4.69, 9.17) is 5.11 Å². The molecule has 0 saturated carbocycles. The molecule has 7 heteroatoms. The average Bonchev–Trinajstić information content (AvgIpc) is 3.08. The largest absolute Gasteiger partial charge is 0.478 e. The van der Waals surface area contributed by atoms with Gasteiger partial charge < -0.3 is 15.3 Å². The van der Waals surface area contributed by atoms with E-state index in [-0.39, 0.29) is 0 Å². The number of likely N-dealkylation sites (tertiary alicyclic amines) is 1. The van der Waals surface area contributed by atoms with Crippen LogP contribution in [0.25, 0.3) is 6.08 Å². The zero-order chi connectivity index (χ0) is 19.2. The van der Waals surface area contributed by atoms with Gasteiger partial charge in [-0.2, -0.15) is 0 Å². The van der Waals surface area contributed by atoms with Crippen LogP contribution >= 0.6 is 0 Å². The number of aliphatic carboxylic acids is 1. The Kier molecular flexibility index (Phi) is 6.03. The summed E-state index contributed by atoms with van der Waals surface area (Å²) < 4.78 is 0. The minimum Gasteiger partial charge on any atom is -0.478 e. The smallest absolute Gasteiger partial charge is 0.328 e. The van der Waals surface area contributed by atoms with E-state index in [1.165, 1.54) is 17.3 Å². The van der Waals surface area contributed by atoms with E-state index in [1.807, 2.05) is 0 Å². The highest BCUT2D eigenvalue weighted by Crippen LogP contribution is 2.19. The van der Waals surface area contributed by atoms with Gasteiger partial charge in [0.25, 0.3) is 0 Å². The lowest BCUT2D eigenvalue weighted by Gasteiger charge is -2.19. The second-order valence-corrected chi connectivity index (χ2v) is 6.93. The Morgan fingerprint density at radius 3 is 2.93 bits per heavy atom. The van der Waals surface area contributed by atoms with Crippen molar-refractivity contribution in [1.29, 1.82) is 0 Å². The molecular weight excluding hydrogens is 342 g/mol. The quantitative estimate of drug-likeness (QED) is 0.727. The Labute approximate surface area is 159 Å². The van der Waals surface area contributed by atoms with E-state index in [2.05, 4.69) is 63.4 Å². The molecule has 3 rings (SSSR count). The number of nitrogens with zero attached hydrogens (tertiary/aromatic N) is 4. The first kappa shape index (κ1) is 18.8. The number of anilines is 2. The lowest BCUT2D eigenvalue weighted by molar-refractivity contribution is -0.131. The molecule has 27 heavy (non-hydrogen) atoms. The minimum absolute atomic E-state index is 0.330. The molecule has 1 aliphatic heterocycles. The van der Waals surface area contributed by atoms with Crippen molar-refractivity contribution < 1.29 is 9.90 Å². The Bertz CT molecular complexity index is 804. The van der Waals surface area contributed by atoms with Crippen molar-refractivity contribution in [1.82, 2.24) is 14.9 Å². The number of hydrogen-bond acceptors (Lipinski definition) is 6. The lowest BCUT2D eigenvalue weighted by Crippen LogP contribution is -2.26. The van der Waals surface area contributed by atoms with Crippen molar-refractivity contribution in [2.24, 2.45) is 0 Å². The van der Waals surface area contributed by atoms with E-state index in [0.29, 0.717) is 17.6 Å². The van der Waals surface area contributed by atoms with Crippen molar-refractivity contribution in [3.8, 4) is 0 Å². The second-order valence-electron chi connectivity index (χ2n) is 6.93. The van der Waals surface area contributed by atoms with Crippen molar-refractivity contribution in [3.63, 3.8) is 0 Å². The van der Waals surface area contributed by atoms with Crippen LogP contribution < -0.4 is 10.2 Å². The van der Waals surface area contributed by atoms with Gasteiger partial charge in [0.2, 0.25) is 0 Å². The van der Waals surface area contributed by atoms with Crippen LogP contribution in [0, 0.1) is 0 Å². The number of aromatic nitrogens is 2. The number of rotatable bonds is 7. The van der Waals surface area contributed by atoms with E-state index >= 15 is 0 Å². The third-order valence-corrected chi connectivity index (χ3v) is 4.53. The summed E-state index contributed by atoms with van der Waals surface area (Å²) in [7, 11) is 4.11. The third-order valence-electron chi connectivity index (χ3n) is 4.53. The van der Waals surface area contributed by atoms with Crippen LogP contribution in [0.1, 0.15) is 17.7 Å². The standard InChI is InChI=1S/C20H25N5O2/c1-24(2)18-5-3-4-15(10-18)13-25-9-8-17(14-25)23-19-12-21-16(11-22-19)6-7-20(26)27/h3-7,10-12,17H,8-9,13-14H2,1-2H3,(H,22,23)(H,26,27)/b7-6+/t17-/m1/s1. The maximum atomic E-state index is 10.5. The fraction of sp³-hybridized carbons (Fsp3) is 0.350. The number of nitrogens with one attached hydrogen (secondary N) is 1. The molecule has 1 aromatic carbocycles. The molecule has 1 aromatic heterocycles. The van der Waals surface area contributed by atoms with E-state index in [0.717, 1.165) is 32.1 Å². The van der Waals surface area contributed by atoms with E-state index in [9.17, 15) is 4.79 Å². The van der Waals surface area contributed by atoms with Crippen LogP contribution in [-0.2, 0) is 11.3 Å². The molecule has 1 saturated heterocycles. The molecule has 0 amide bonds. The number of hydrogen-bond donors (Lipinski definition) is 2. The molecule has 2 heterocycles. The highest BCUT2D eigenvalue weighted by molar-refractivity contribution is 5.84. The van der Waals surface area contributed by atoms with Crippen molar-refractivity contribution in [2.45, 2.75) is 19.0 Å². The van der Waals surface area contributed by atoms with Crippen LogP contribution in [-0.4, -0.2) is 59.2 Å². The zero-order valence-electron chi connectivity index (χ0n) is 15.7. The summed E-state index contributed by atoms with van der Waals surface area (Å²) in [6.07, 6.45) is 6.75. The minimum atomic E-state index is -0.999. The van der Waals surface area contributed by atoms with Gasteiger partial charge in [0.1, 0.15) is 5.82 Å². The van der Waals surface area contributed by atoms with E-state index < -0.39 is 5.97 Å².